The molecule has 0 saturated heterocycles. The van der Waals surface area contributed by atoms with Crippen LogP contribution < -0.4 is 0 Å². The Morgan fingerprint density at radius 1 is 1.60 bits per heavy atom. The van der Waals surface area contributed by atoms with Crippen LogP contribution in [0.3, 0.4) is 0 Å². The van der Waals surface area contributed by atoms with E-state index < -0.39 is 5.97 Å². The number of phenols is 1. The number of hydrogen-bond acceptors (Lipinski definition) is 4. The molecule has 4 nitrogen and oxygen atoms in total. The zero-order valence-corrected chi connectivity index (χ0v) is 8.36. The third-order valence-corrected chi connectivity index (χ3v) is 1.85. The van der Waals surface area contributed by atoms with E-state index in [2.05, 4.69) is 0 Å². The number of carbonyl (C=O) groups excluding carboxylic acids is 1. The highest BCUT2D eigenvalue weighted by atomic mass is 16.5. The van der Waals surface area contributed by atoms with Gasteiger partial charge in [-0.25, -0.2) is 0 Å². The van der Waals surface area contributed by atoms with Gasteiger partial charge in [0.05, 0.1) is 24.7 Å². The first-order valence-corrected chi connectivity index (χ1v) is 4.55. The van der Waals surface area contributed by atoms with Crippen molar-refractivity contribution in [1.29, 1.82) is 5.26 Å². The highest BCUT2D eigenvalue weighted by Gasteiger charge is 2.09. The molecular weight excluding hydrogens is 194 g/mol. The van der Waals surface area contributed by atoms with Gasteiger partial charge in [0, 0.05) is 5.56 Å². The van der Waals surface area contributed by atoms with Gasteiger partial charge in [-0.1, -0.05) is 0 Å². The summed E-state index contributed by atoms with van der Waals surface area (Å²) in [6.07, 6.45) is -0.0187. The number of nitrogens with zero attached hydrogens (tertiary/aromatic N) is 1. The van der Waals surface area contributed by atoms with E-state index in [9.17, 15) is 9.90 Å². The summed E-state index contributed by atoms with van der Waals surface area (Å²) in [4.78, 5) is 11.1. The number of hydrogen-bond donors (Lipinski definition) is 1. The molecule has 0 aliphatic heterocycles. The van der Waals surface area contributed by atoms with Crippen molar-refractivity contribution >= 4 is 5.97 Å². The molecule has 0 unspecified atom stereocenters. The molecule has 0 radical (unpaired) electrons. The second-order valence-electron chi connectivity index (χ2n) is 2.94. The maximum Gasteiger partial charge on any atom is 0.310 e. The summed E-state index contributed by atoms with van der Waals surface area (Å²) in [7, 11) is 0. The Morgan fingerprint density at radius 3 is 2.93 bits per heavy atom. The SMILES string of the molecule is CCOC(=O)Cc1cc(C#N)ccc1O. The molecule has 0 atom stereocenters. The standard InChI is InChI=1S/C11H11NO3/c1-2-15-11(14)6-9-5-8(7-12)3-4-10(9)13/h3-5,13H,2,6H2,1H3. The van der Waals surface area contributed by atoms with Crippen LogP contribution in [0.4, 0.5) is 0 Å². The number of carbonyl (C=O) groups is 1. The van der Waals surface area contributed by atoms with Gasteiger partial charge in [0.2, 0.25) is 0 Å². The molecule has 78 valence electrons. The van der Waals surface area contributed by atoms with Crippen LogP contribution in [0, 0.1) is 11.3 Å². The lowest BCUT2D eigenvalue weighted by Gasteiger charge is -2.04. The average molecular weight is 205 g/mol. The lowest BCUT2D eigenvalue weighted by Crippen LogP contribution is -2.07. The second kappa shape index (κ2) is 5.01. The predicted octanol–water partition coefficient (Wildman–Crippen LogP) is 1.37. The van der Waals surface area contributed by atoms with Crippen molar-refractivity contribution in [3.63, 3.8) is 0 Å². The molecule has 0 saturated carbocycles. The van der Waals surface area contributed by atoms with Crippen LogP contribution in [-0.2, 0) is 16.0 Å². The monoisotopic (exact) mass is 205 g/mol. The van der Waals surface area contributed by atoms with Gasteiger partial charge in [-0.2, -0.15) is 5.26 Å². The normalized spacial score (nSPS) is 9.33. The fraction of sp³-hybridized carbons (Fsp3) is 0.273. The molecule has 1 aromatic rings. The minimum Gasteiger partial charge on any atom is -0.508 e. The van der Waals surface area contributed by atoms with Gasteiger partial charge in [0.25, 0.3) is 0 Å². The highest BCUT2D eigenvalue weighted by Crippen LogP contribution is 2.18. The Balaban J connectivity index is 2.85. The number of aromatic hydroxyl groups is 1. The van der Waals surface area contributed by atoms with E-state index >= 15 is 0 Å². The maximum absolute atomic E-state index is 11.1. The molecule has 0 aliphatic carbocycles. The summed E-state index contributed by atoms with van der Waals surface area (Å²) in [5, 5.41) is 18.1. The Morgan fingerprint density at radius 2 is 2.33 bits per heavy atom. The van der Waals surface area contributed by atoms with E-state index in [1.807, 2.05) is 6.07 Å². The van der Waals surface area contributed by atoms with Crippen LogP contribution in [0.1, 0.15) is 18.1 Å². The van der Waals surface area contributed by atoms with E-state index in [-0.39, 0.29) is 12.2 Å². The van der Waals surface area contributed by atoms with E-state index in [1.165, 1.54) is 18.2 Å². The molecule has 0 spiro atoms. The Kier molecular flexibility index (Phi) is 3.69. The van der Waals surface area contributed by atoms with Crippen molar-refractivity contribution in [3.8, 4) is 11.8 Å². The third-order valence-electron chi connectivity index (χ3n) is 1.85. The van der Waals surface area contributed by atoms with Crippen molar-refractivity contribution < 1.29 is 14.6 Å². The van der Waals surface area contributed by atoms with Crippen LogP contribution >= 0.6 is 0 Å². The van der Waals surface area contributed by atoms with Gasteiger partial charge >= 0.3 is 5.97 Å². The fourth-order valence-corrected chi connectivity index (χ4v) is 1.16. The summed E-state index contributed by atoms with van der Waals surface area (Å²) in [5.74, 6) is -0.412. The van der Waals surface area contributed by atoms with Crippen LogP contribution in [0.25, 0.3) is 0 Å². The fourth-order valence-electron chi connectivity index (χ4n) is 1.16. The number of nitriles is 1. The minimum absolute atomic E-state index is 0.00190. The van der Waals surface area contributed by atoms with Crippen molar-refractivity contribution in [3.05, 3.63) is 29.3 Å². The Bertz CT molecular complexity index is 407. The first-order valence-electron chi connectivity index (χ1n) is 4.55. The molecule has 1 rings (SSSR count). The highest BCUT2D eigenvalue weighted by molar-refractivity contribution is 5.73. The van der Waals surface area contributed by atoms with Gasteiger partial charge in [-0.3, -0.25) is 4.79 Å². The molecule has 0 aromatic heterocycles. The largest absolute Gasteiger partial charge is 0.508 e. The van der Waals surface area contributed by atoms with Crippen molar-refractivity contribution in [2.24, 2.45) is 0 Å². The van der Waals surface area contributed by atoms with Gasteiger partial charge in [-0.15, -0.1) is 0 Å². The van der Waals surface area contributed by atoms with Crippen LogP contribution in [-0.4, -0.2) is 17.7 Å². The van der Waals surface area contributed by atoms with Gasteiger partial charge in [0.1, 0.15) is 5.75 Å². The topological polar surface area (TPSA) is 70.3 Å². The summed E-state index contributed by atoms with van der Waals surface area (Å²) < 4.78 is 4.74. The van der Waals surface area contributed by atoms with Crippen molar-refractivity contribution in [2.45, 2.75) is 13.3 Å². The summed E-state index contributed by atoms with van der Waals surface area (Å²) in [5.41, 5.74) is 0.819. The molecular formula is C11H11NO3. The summed E-state index contributed by atoms with van der Waals surface area (Å²) in [6, 6.07) is 6.30. The predicted molar refractivity (Wildman–Crippen MR) is 53.2 cm³/mol. The second-order valence-corrected chi connectivity index (χ2v) is 2.94. The molecule has 15 heavy (non-hydrogen) atoms. The van der Waals surface area contributed by atoms with E-state index in [0.717, 1.165) is 0 Å². The van der Waals surface area contributed by atoms with E-state index in [4.69, 9.17) is 10.00 Å². The Labute approximate surface area is 87.7 Å². The average Bonchev–Trinajstić information content (AvgIpc) is 2.21. The van der Waals surface area contributed by atoms with E-state index in [1.54, 1.807) is 6.92 Å². The van der Waals surface area contributed by atoms with E-state index in [0.29, 0.717) is 17.7 Å². The molecule has 0 bridgehead atoms. The smallest absolute Gasteiger partial charge is 0.310 e. The third kappa shape index (κ3) is 2.99. The molecule has 0 fully saturated rings. The maximum atomic E-state index is 11.1. The van der Waals surface area contributed by atoms with Crippen LogP contribution in [0.2, 0.25) is 0 Å². The zero-order chi connectivity index (χ0) is 11.3. The zero-order valence-electron chi connectivity index (χ0n) is 8.36. The quantitative estimate of drug-likeness (QED) is 0.756. The van der Waals surface area contributed by atoms with Crippen LogP contribution in [0.15, 0.2) is 18.2 Å². The number of esters is 1. The van der Waals surface area contributed by atoms with Gasteiger partial charge < -0.3 is 9.84 Å². The van der Waals surface area contributed by atoms with Crippen LogP contribution in [0.5, 0.6) is 5.75 Å². The summed E-state index contributed by atoms with van der Waals surface area (Å²) in [6.45, 7) is 2.01. The minimum atomic E-state index is -0.414. The first-order chi connectivity index (χ1) is 7.17. The Hall–Kier alpha value is -2.02. The molecule has 0 heterocycles. The first kappa shape index (κ1) is 11.1. The molecule has 0 aliphatic rings. The number of benzene rings is 1. The molecule has 4 heteroatoms. The van der Waals surface area contributed by atoms with Gasteiger partial charge in [-0.05, 0) is 25.1 Å². The molecule has 1 N–H and O–H groups in total. The molecule has 0 amide bonds. The summed E-state index contributed by atoms with van der Waals surface area (Å²) >= 11 is 0. The van der Waals surface area contributed by atoms with Crippen molar-refractivity contribution in [2.75, 3.05) is 6.61 Å². The lowest BCUT2D eigenvalue weighted by molar-refractivity contribution is -0.142. The number of ether oxygens (including phenoxy) is 1. The van der Waals surface area contributed by atoms with Crippen molar-refractivity contribution in [1.82, 2.24) is 0 Å². The number of rotatable bonds is 3. The number of phenolic OH excluding ortho intramolecular Hbond substituents is 1. The van der Waals surface area contributed by atoms with Gasteiger partial charge in [0.15, 0.2) is 0 Å². The lowest BCUT2D eigenvalue weighted by atomic mass is 10.1. The molecule has 1 aromatic carbocycles.